The zero-order chi connectivity index (χ0) is 11.3. The second-order valence-electron chi connectivity index (χ2n) is 2.79. The van der Waals surface area contributed by atoms with Gasteiger partial charge in [0.15, 0.2) is 0 Å². The molecule has 0 spiro atoms. The Hall–Kier alpha value is -1.48. The standard InChI is InChI=1S/C11H11ClO3/c1-2-15-11(14)6-4-8-3-5-9(12)7-10(8)13/h3-7,13H,2H2,1H3. The lowest BCUT2D eigenvalue weighted by molar-refractivity contribution is -0.137. The molecule has 0 unspecified atom stereocenters. The number of rotatable bonds is 3. The first kappa shape index (κ1) is 11.6. The molecule has 0 aliphatic rings. The molecule has 0 saturated heterocycles. The minimum atomic E-state index is -0.438. The van der Waals surface area contributed by atoms with Gasteiger partial charge in [-0.15, -0.1) is 0 Å². The highest BCUT2D eigenvalue weighted by Crippen LogP contribution is 2.22. The second kappa shape index (κ2) is 5.41. The van der Waals surface area contributed by atoms with Crippen molar-refractivity contribution in [3.8, 4) is 5.75 Å². The van der Waals surface area contributed by atoms with Crippen LogP contribution >= 0.6 is 11.6 Å². The molecule has 80 valence electrons. The summed E-state index contributed by atoms with van der Waals surface area (Å²) in [4.78, 5) is 11.0. The number of aromatic hydroxyl groups is 1. The van der Waals surface area contributed by atoms with Crippen LogP contribution in [0.15, 0.2) is 24.3 Å². The van der Waals surface area contributed by atoms with Crippen LogP contribution in [0, 0.1) is 0 Å². The van der Waals surface area contributed by atoms with Crippen LogP contribution in [0.25, 0.3) is 6.08 Å². The average Bonchev–Trinajstić information content (AvgIpc) is 2.17. The fourth-order valence-corrected chi connectivity index (χ4v) is 1.17. The Morgan fingerprint density at radius 2 is 2.33 bits per heavy atom. The van der Waals surface area contributed by atoms with Gasteiger partial charge in [-0.05, 0) is 31.2 Å². The number of hydrogen-bond acceptors (Lipinski definition) is 3. The Morgan fingerprint density at radius 1 is 1.60 bits per heavy atom. The molecule has 4 heteroatoms. The summed E-state index contributed by atoms with van der Waals surface area (Å²) >= 11 is 5.65. The van der Waals surface area contributed by atoms with Crippen molar-refractivity contribution in [1.82, 2.24) is 0 Å². The minimum Gasteiger partial charge on any atom is -0.507 e. The largest absolute Gasteiger partial charge is 0.507 e. The lowest BCUT2D eigenvalue weighted by Gasteiger charge is -1.99. The Labute approximate surface area is 92.9 Å². The predicted octanol–water partition coefficient (Wildman–Crippen LogP) is 2.62. The monoisotopic (exact) mass is 226 g/mol. The number of esters is 1. The number of carbonyl (C=O) groups excluding carboxylic acids is 1. The van der Waals surface area contributed by atoms with Gasteiger partial charge >= 0.3 is 5.97 Å². The molecule has 0 aromatic heterocycles. The van der Waals surface area contributed by atoms with E-state index >= 15 is 0 Å². The van der Waals surface area contributed by atoms with E-state index in [1.54, 1.807) is 19.1 Å². The summed E-state index contributed by atoms with van der Waals surface area (Å²) in [6.07, 6.45) is 2.73. The number of hydrogen-bond donors (Lipinski definition) is 1. The van der Waals surface area contributed by atoms with Crippen molar-refractivity contribution < 1.29 is 14.6 Å². The molecule has 1 N–H and O–H groups in total. The van der Waals surface area contributed by atoms with Crippen molar-refractivity contribution >= 4 is 23.6 Å². The molecule has 0 bridgehead atoms. The Bertz CT molecular complexity index is 385. The first-order valence-electron chi connectivity index (χ1n) is 4.47. The summed E-state index contributed by atoms with van der Waals surface area (Å²) in [5, 5.41) is 9.89. The number of ether oxygens (including phenoxy) is 1. The fourth-order valence-electron chi connectivity index (χ4n) is 1.01. The predicted molar refractivity (Wildman–Crippen MR) is 58.8 cm³/mol. The van der Waals surface area contributed by atoms with Crippen LogP contribution in [0.4, 0.5) is 0 Å². The van der Waals surface area contributed by atoms with E-state index < -0.39 is 5.97 Å². The van der Waals surface area contributed by atoms with Crippen molar-refractivity contribution in [3.05, 3.63) is 34.9 Å². The highest BCUT2D eigenvalue weighted by molar-refractivity contribution is 6.30. The van der Waals surface area contributed by atoms with Crippen molar-refractivity contribution in [2.75, 3.05) is 6.61 Å². The van der Waals surface area contributed by atoms with Crippen LogP contribution in [0.2, 0.25) is 5.02 Å². The van der Waals surface area contributed by atoms with E-state index in [2.05, 4.69) is 0 Å². The molecule has 0 fully saturated rings. The molecule has 0 saturated carbocycles. The van der Waals surface area contributed by atoms with Crippen LogP contribution in [-0.4, -0.2) is 17.7 Å². The van der Waals surface area contributed by atoms with Crippen molar-refractivity contribution in [1.29, 1.82) is 0 Å². The zero-order valence-electron chi connectivity index (χ0n) is 8.24. The fraction of sp³-hybridized carbons (Fsp3) is 0.182. The highest BCUT2D eigenvalue weighted by atomic mass is 35.5. The normalized spacial score (nSPS) is 10.5. The van der Waals surface area contributed by atoms with Crippen LogP contribution in [0.1, 0.15) is 12.5 Å². The van der Waals surface area contributed by atoms with Gasteiger partial charge in [-0.25, -0.2) is 4.79 Å². The molecular formula is C11H11ClO3. The minimum absolute atomic E-state index is 0.0306. The van der Waals surface area contributed by atoms with Crippen LogP contribution < -0.4 is 0 Å². The summed E-state index contributed by atoms with van der Waals surface area (Å²) in [5.74, 6) is -0.408. The molecule has 3 nitrogen and oxygen atoms in total. The Balaban J connectivity index is 2.76. The van der Waals surface area contributed by atoms with E-state index in [1.165, 1.54) is 18.2 Å². The lowest BCUT2D eigenvalue weighted by Crippen LogP contribution is -1.98. The molecule has 1 rings (SSSR count). The van der Waals surface area contributed by atoms with E-state index in [0.717, 1.165) is 0 Å². The highest BCUT2D eigenvalue weighted by Gasteiger charge is 1.99. The molecule has 1 aromatic rings. The topological polar surface area (TPSA) is 46.5 Å². The van der Waals surface area contributed by atoms with Gasteiger partial charge in [-0.2, -0.15) is 0 Å². The SMILES string of the molecule is CCOC(=O)C=Cc1ccc(Cl)cc1O. The maximum absolute atomic E-state index is 11.0. The van der Waals surface area contributed by atoms with E-state index in [9.17, 15) is 9.90 Å². The van der Waals surface area contributed by atoms with Gasteiger partial charge in [-0.1, -0.05) is 11.6 Å². The van der Waals surface area contributed by atoms with Gasteiger partial charge in [0.2, 0.25) is 0 Å². The smallest absolute Gasteiger partial charge is 0.330 e. The molecule has 0 radical (unpaired) electrons. The van der Waals surface area contributed by atoms with Gasteiger partial charge in [0, 0.05) is 16.7 Å². The number of phenolic OH excluding ortho intramolecular Hbond substituents is 1. The van der Waals surface area contributed by atoms with Crippen molar-refractivity contribution in [3.63, 3.8) is 0 Å². The maximum atomic E-state index is 11.0. The third-order valence-corrected chi connectivity index (χ3v) is 1.91. The van der Waals surface area contributed by atoms with Gasteiger partial charge in [0.25, 0.3) is 0 Å². The first-order valence-corrected chi connectivity index (χ1v) is 4.84. The number of halogens is 1. The Morgan fingerprint density at radius 3 is 2.93 bits per heavy atom. The van der Waals surface area contributed by atoms with Gasteiger partial charge in [0.05, 0.1) is 6.61 Å². The molecule has 1 aromatic carbocycles. The molecule has 15 heavy (non-hydrogen) atoms. The molecule has 0 amide bonds. The van der Waals surface area contributed by atoms with Gasteiger partial charge in [0.1, 0.15) is 5.75 Å². The maximum Gasteiger partial charge on any atom is 0.330 e. The van der Waals surface area contributed by atoms with Crippen LogP contribution in [0.3, 0.4) is 0 Å². The summed E-state index contributed by atoms with van der Waals surface area (Å²) < 4.78 is 4.69. The van der Waals surface area contributed by atoms with Gasteiger partial charge in [-0.3, -0.25) is 0 Å². The quantitative estimate of drug-likeness (QED) is 0.637. The number of carbonyl (C=O) groups is 1. The molecule has 0 aliphatic carbocycles. The van der Waals surface area contributed by atoms with E-state index in [1.807, 2.05) is 0 Å². The molecule has 0 heterocycles. The lowest BCUT2D eigenvalue weighted by atomic mass is 10.2. The number of benzene rings is 1. The number of phenols is 1. The average molecular weight is 227 g/mol. The van der Waals surface area contributed by atoms with E-state index in [-0.39, 0.29) is 5.75 Å². The summed E-state index contributed by atoms with van der Waals surface area (Å²) in [7, 11) is 0. The third kappa shape index (κ3) is 3.64. The van der Waals surface area contributed by atoms with Crippen LogP contribution in [-0.2, 0) is 9.53 Å². The Kier molecular flexibility index (Phi) is 4.18. The van der Waals surface area contributed by atoms with Crippen LogP contribution in [0.5, 0.6) is 5.75 Å². The third-order valence-electron chi connectivity index (χ3n) is 1.68. The molecule has 0 aliphatic heterocycles. The second-order valence-corrected chi connectivity index (χ2v) is 3.22. The van der Waals surface area contributed by atoms with E-state index in [4.69, 9.17) is 16.3 Å². The van der Waals surface area contributed by atoms with Crippen molar-refractivity contribution in [2.24, 2.45) is 0 Å². The zero-order valence-corrected chi connectivity index (χ0v) is 8.99. The molecule has 0 atom stereocenters. The summed E-state index contributed by atoms with van der Waals surface area (Å²) in [5.41, 5.74) is 0.521. The van der Waals surface area contributed by atoms with Crippen molar-refractivity contribution in [2.45, 2.75) is 6.92 Å². The van der Waals surface area contributed by atoms with E-state index in [0.29, 0.717) is 17.2 Å². The summed E-state index contributed by atoms with van der Waals surface area (Å²) in [6.45, 7) is 2.06. The first-order chi connectivity index (χ1) is 7.13. The molecular weight excluding hydrogens is 216 g/mol. The summed E-state index contributed by atoms with van der Waals surface area (Å²) in [6, 6.07) is 4.66. The van der Waals surface area contributed by atoms with Gasteiger partial charge < -0.3 is 9.84 Å².